The minimum atomic E-state index is -4.54. The normalized spacial score (nSPS) is 12.5. The van der Waals surface area contributed by atoms with Gasteiger partial charge in [-0.15, -0.1) is 0 Å². The standard InChI is InChI=1S/C17H16ClF3N2O/c1-2-14(11-7-9-12(18)10-8-11)22-16(24)23-15-6-4-3-5-13(15)17(19,20)21/h3-10,14H,2H2,1H3,(H2,22,23,24)/t14-/m1/s1. The largest absolute Gasteiger partial charge is 0.418 e. The zero-order chi connectivity index (χ0) is 17.7. The van der Waals surface area contributed by atoms with E-state index in [0.717, 1.165) is 11.6 Å². The Hall–Kier alpha value is -2.21. The van der Waals surface area contributed by atoms with E-state index in [2.05, 4.69) is 10.6 Å². The van der Waals surface area contributed by atoms with Crippen LogP contribution >= 0.6 is 11.6 Å². The number of amides is 2. The Morgan fingerprint density at radius 2 is 1.75 bits per heavy atom. The van der Waals surface area contributed by atoms with Crippen LogP contribution in [-0.2, 0) is 6.18 Å². The number of carbonyl (C=O) groups is 1. The third-order valence-corrected chi connectivity index (χ3v) is 3.72. The number of halogens is 4. The number of benzene rings is 2. The quantitative estimate of drug-likeness (QED) is 0.732. The summed E-state index contributed by atoms with van der Waals surface area (Å²) in [7, 11) is 0. The van der Waals surface area contributed by atoms with E-state index >= 15 is 0 Å². The molecule has 0 fully saturated rings. The first-order chi connectivity index (χ1) is 11.3. The monoisotopic (exact) mass is 356 g/mol. The molecule has 0 aliphatic rings. The zero-order valence-electron chi connectivity index (χ0n) is 12.8. The predicted molar refractivity (Wildman–Crippen MR) is 88.1 cm³/mol. The molecule has 7 heteroatoms. The summed E-state index contributed by atoms with van der Waals surface area (Å²) in [5, 5.41) is 5.50. The summed E-state index contributed by atoms with van der Waals surface area (Å²) >= 11 is 5.83. The average molecular weight is 357 g/mol. The molecule has 1 atom stereocenters. The molecule has 0 saturated heterocycles. The number of hydrogen-bond acceptors (Lipinski definition) is 1. The number of nitrogens with one attached hydrogen (secondary N) is 2. The van der Waals surface area contributed by atoms with Gasteiger partial charge >= 0.3 is 12.2 Å². The first kappa shape index (κ1) is 18.1. The molecule has 0 spiro atoms. The van der Waals surface area contributed by atoms with Gasteiger partial charge in [0.2, 0.25) is 0 Å². The van der Waals surface area contributed by atoms with Crippen molar-refractivity contribution in [1.82, 2.24) is 5.32 Å². The van der Waals surface area contributed by atoms with Crippen LogP contribution in [0.15, 0.2) is 48.5 Å². The smallest absolute Gasteiger partial charge is 0.331 e. The molecule has 3 nitrogen and oxygen atoms in total. The molecule has 0 radical (unpaired) electrons. The van der Waals surface area contributed by atoms with Crippen molar-refractivity contribution in [3.05, 3.63) is 64.7 Å². The van der Waals surface area contributed by atoms with Crippen molar-refractivity contribution in [3.63, 3.8) is 0 Å². The highest BCUT2D eigenvalue weighted by atomic mass is 35.5. The van der Waals surface area contributed by atoms with Crippen LogP contribution in [0.2, 0.25) is 5.02 Å². The van der Waals surface area contributed by atoms with E-state index in [0.29, 0.717) is 11.4 Å². The molecule has 2 amide bonds. The zero-order valence-corrected chi connectivity index (χ0v) is 13.6. The third-order valence-electron chi connectivity index (χ3n) is 3.47. The first-order valence-electron chi connectivity index (χ1n) is 7.30. The molecule has 0 aliphatic heterocycles. The van der Waals surface area contributed by atoms with Crippen molar-refractivity contribution < 1.29 is 18.0 Å². The minimum absolute atomic E-state index is 0.284. The van der Waals surface area contributed by atoms with Gasteiger partial charge in [0.25, 0.3) is 0 Å². The summed E-state index contributed by atoms with van der Waals surface area (Å²) in [6.07, 6.45) is -3.96. The van der Waals surface area contributed by atoms with Crippen molar-refractivity contribution in [2.75, 3.05) is 5.32 Å². The second-order valence-electron chi connectivity index (χ2n) is 5.15. The van der Waals surface area contributed by atoms with Gasteiger partial charge in [-0.2, -0.15) is 13.2 Å². The lowest BCUT2D eigenvalue weighted by atomic mass is 10.1. The molecule has 2 rings (SSSR count). The fraction of sp³-hybridized carbons (Fsp3) is 0.235. The van der Waals surface area contributed by atoms with Crippen LogP contribution in [0.4, 0.5) is 23.7 Å². The molecule has 128 valence electrons. The van der Waals surface area contributed by atoms with E-state index in [1.807, 2.05) is 6.92 Å². The highest BCUT2D eigenvalue weighted by Crippen LogP contribution is 2.34. The fourth-order valence-corrected chi connectivity index (χ4v) is 2.40. The average Bonchev–Trinajstić information content (AvgIpc) is 2.53. The number of alkyl halides is 3. The lowest BCUT2D eigenvalue weighted by Gasteiger charge is -2.19. The topological polar surface area (TPSA) is 41.1 Å². The summed E-state index contributed by atoms with van der Waals surface area (Å²) < 4.78 is 38.8. The maximum atomic E-state index is 12.9. The van der Waals surface area contributed by atoms with Gasteiger partial charge in [-0.05, 0) is 36.2 Å². The molecule has 24 heavy (non-hydrogen) atoms. The number of carbonyl (C=O) groups excluding carboxylic acids is 1. The van der Waals surface area contributed by atoms with Crippen molar-refractivity contribution in [1.29, 1.82) is 0 Å². The molecular weight excluding hydrogens is 341 g/mol. The Morgan fingerprint density at radius 3 is 2.33 bits per heavy atom. The van der Waals surface area contributed by atoms with Gasteiger partial charge in [0.1, 0.15) is 0 Å². The Morgan fingerprint density at radius 1 is 1.12 bits per heavy atom. The second-order valence-corrected chi connectivity index (χ2v) is 5.59. The molecule has 0 bridgehead atoms. The summed E-state index contributed by atoms with van der Waals surface area (Å²) in [5.74, 6) is 0. The summed E-state index contributed by atoms with van der Waals surface area (Å²) in [6.45, 7) is 1.86. The van der Waals surface area contributed by atoms with Crippen LogP contribution in [0.25, 0.3) is 0 Å². The summed E-state index contributed by atoms with van der Waals surface area (Å²) in [6, 6.07) is 10.7. The van der Waals surface area contributed by atoms with E-state index < -0.39 is 17.8 Å². The van der Waals surface area contributed by atoms with Crippen molar-refractivity contribution in [2.45, 2.75) is 25.6 Å². The van der Waals surface area contributed by atoms with Crippen LogP contribution in [0, 0.1) is 0 Å². The lowest BCUT2D eigenvalue weighted by Crippen LogP contribution is -2.33. The molecule has 0 aliphatic carbocycles. The highest BCUT2D eigenvalue weighted by Gasteiger charge is 2.33. The summed E-state index contributed by atoms with van der Waals surface area (Å²) in [5.41, 5.74) is -0.352. The Bertz CT molecular complexity index is 702. The fourth-order valence-electron chi connectivity index (χ4n) is 2.27. The number of rotatable bonds is 4. The van der Waals surface area contributed by atoms with Gasteiger partial charge in [-0.3, -0.25) is 0 Å². The number of hydrogen-bond donors (Lipinski definition) is 2. The summed E-state index contributed by atoms with van der Waals surface area (Å²) in [4.78, 5) is 12.1. The Kier molecular flexibility index (Phi) is 5.72. The lowest BCUT2D eigenvalue weighted by molar-refractivity contribution is -0.136. The van der Waals surface area contributed by atoms with E-state index in [4.69, 9.17) is 11.6 Å². The molecular formula is C17H16ClF3N2O. The molecule has 2 aromatic rings. The van der Waals surface area contributed by atoms with Gasteiger partial charge in [0.05, 0.1) is 17.3 Å². The Balaban J connectivity index is 2.11. The number of urea groups is 1. The van der Waals surface area contributed by atoms with E-state index in [1.54, 1.807) is 24.3 Å². The molecule has 0 saturated carbocycles. The van der Waals surface area contributed by atoms with E-state index in [1.165, 1.54) is 18.2 Å². The SMILES string of the molecule is CC[C@@H](NC(=O)Nc1ccccc1C(F)(F)F)c1ccc(Cl)cc1. The van der Waals surface area contributed by atoms with Crippen LogP contribution < -0.4 is 10.6 Å². The van der Waals surface area contributed by atoms with Crippen LogP contribution in [0.5, 0.6) is 0 Å². The van der Waals surface area contributed by atoms with E-state index in [9.17, 15) is 18.0 Å². The Labute approximate surface area is 142 Å². The van der Waals surface area contributed by atoms with Crippen LogP contribution in [0.1, 0.15) is 30.5 Å². The second kappa shape index (κ2) is 7.57. The van der Waals surface area contributed by atoms with Crippen LogP contribution in [0.3, 0.4) is 0 Å². The first-order valence-corrected chi connectivity index (χ1v) is 7.68. The molecule has 0 heterocycles. The maximum Gasteiger partial charge on any atom is 0.418 e. The third kappa shape index (κ3) is 4.64. The van der Waals surface area contributed by atoms with Gasteiger partial charge in [-0.25, -0.2) is 4.79 Å². The van der Waals surface area contributed by atoms with Crippen LogP contribution in [-0.4, -0.2) is 6.03 Å². The van der Waals surface area contributed by atoms with Gasteiger partial charge in [0.15, 0.2) is 0 Å². The molecule has 0 aromatic heterocycles. The maximum absolute atomic E-state index is 12.9. The molecule has 0 unspecified atom stereocenters. The predicted octanol–water partition coefficient (Wildman–Crippen LogP) is 5.63. The van der Waals surface area contributed by atoms with Crippen molar-refractivity contribution in [3.8, 4) is 0 Å². The minimum Gasteiger partial charge on any atom is -0.331 e. The van der Waals surface area contributed by atoms with Crippen molar-refractivity contribution >= 4 is 23.3 Å². The van der Waals surface area contributed by atoms with Gasteiger partial charge in [0, 0.05) is 5.02 Å². The van der Waals surface area contributed by atoms with E-state index in [-0.39, 0.29) is 11.7 Å². The highest BCUT2D eigenvalue weighted by molar-refractivity contribution is 6.30. The van der Waals surface area contributed by atoms with Gasteiger partial charge < -0.3 is 10.6 Å². The van der Waals surface area contributed by atoms with Gasteiger partial charge in [-0.1, -0.05) is 42.8 Å². The van der Waals surface area contributed by atoms with Crippen molar-refractivity contribution in [2.24, 2.45) is 0 Å². The number of para-hydroxylation sites is 1. The molecule has 2 N–H and O–H groups in total. The molecule has 2 aromatic carbocycles. The number of anilines is 1.